The van der Waals surface area contributed by atoms with E-state index in [1.165, 1.54) is 29.5 Å². The number of nitrogens with zero attached hydrogens (tertiary/aromatic N) is 4. The summed E-state index contributed by atoms with van der Waals surface area (Å²) in [6.45, 7) is 5.92. The van der Waals surface area contributed by atoms with E-state index in [2.05, 4.69) is 29.4 Å². The van der Waals surface area contributed by atoms with Gasteiger partial charge in [-0.3, -0.25) is 20.2 Å². The van der Waals surface area contributed by atoms with Crippen LogP contribution in [0.5, 0.6) is 0 Å². The number of non-ortho nitro benzene ring substituents is 1. The Morgan fingerprint density at radius 2 is 2.13 bits per heavy atom. The zero-order valence-electron chi connectivity index (χ0n) is 17.1. The van der Waals surface area contributed by atoms with Crippen molar-refractivity contribution in [2.75, 3.05) is 5.32 Å². The van der Waals surface area contributed by atoms with E-state index in [1.807, 2.05) is 6.07 Å². The number of anilines is 1. The molecule has 1 amide bonds. The topological polar surface area (TPSA) is 135 Å². The summed E-state index contributed by atoms with van der Waals surface area (Å²) < 4.78 is 5.71. The van der Waals surface area contributed by atoms with Crippen molar-refractivity contribution >= 4 is 34.1 Å². The number of carbonyl (C=O) groups excluding carboxylic acids is 1. The van der Waals surface area contributed by atoms with Crippen molar-refractivity contribution < 1.29 is 14.1 Å². The maximum Gasteiger partial charge on any atom is 0.270 e. The monoisotopic (exact) mass is 437 g/mol. The predicted octanol–water partition coefficient (Wildman–Crippen LogP) is 4.76. The minimum Gasteiger partial charge on any atom is -0.457 e. The second-order valence-corrected chi connectivity index (χ2v) is 8.24. The summed E-state index contributed by atoms with van der Waals surface area (Å²) in [5.74, 6) is 0.450. The molecule has 2 heterocycles. The van der Waals surface area contributed by atoms with Crippen molar-refractivity contribution in [1.29, 1.82) is 5.26 Å². The van der Waals surface area contributed by atoms with E-state index in [4.69, 9.17) is 4.42 Å². The van der Waals surface area contributed by atoms with Crippen molar-refractivity contribution in [3.8, 4) is 17.4 Å². The number of rotatable bonds is 7. The van der Waals surface area contributed by atoms with Gasteiger partial charge in [-0.05, 0) is 30.5 Å². The van der Waals surface area contributed by atoms with Gasteiger partial charge in [-0.15, -0.1) is 10.2 Å². The molecule has 0 aliphatic heterocycles. The molecule has 2 aromatic heterocycles. The minimum absolute atomic E-state index is 0.0555. The number of aryl methyl sites for hydroxylation is 1. The van der Waals surface area contributed by atoms with Crippen molar-refractivity contribution in [1.82, 2.24) is 10.2 Å². The highest BCUT2D eigenvalue weighted by molar-refractivity contribution is 7.15. The molecule has 10 heteroatoms. The van der Waals surface area contributed by atoms with Crippen LogP contribution in [0, 0.1) is 34.3 Å². The number of furan rings is 1. The van der Waals surface area contributed by atoms with Crippen LogP contribution in [0.2, 0.25) is 0 Å². The van der Waals surface area contributed by atoms with Gasteiger partial charge >= 0.3 is 0 Å². The minimum atomic E-state index is -0.626. The third-order valence-electron chi connectivity index (χ3n) is 4.25. The summed E-state index contributed by atoms with van der Waals surface area (Å²) in [5.41, 5.74) is 1.13. The number of hydrogen-bond donors (Lipinski definition) is 1. The van der Waals surface area contributed by atoms with E-state index in [-0.39, 0.29) is 17.0 Å². The number of carbonyl (C=O) groups is 1. The summed E-state index contributed by atoms with van der Waals surface area (Å²) in [6, 6.07) is 9.54. The van der Waals surface area contributed by atoms with Crippen LogP contribution in [0.4, 0.5) is 10.8 Å². The number of nitro groups is 1. The van der Waals surface area contributed by atoms with Crippen LogP contribution < -0.4 is 5.32 Å². The molecule has 0 radical (unpaired) electrons. The Labute approximate surface area is 182 Å². The molecular weight excluding hydrogens is 418 g/mol. The third kappa shape index (κ3) is 5.40. The second-order valence-electron chi connectivity index (χ2n) is 7.18. The normalized spacial score (nSPS) is 11.4. The van der Waals surface area contributed by atoms with Gasteiger partial charge in [0.15, 0.2) is 0 Å². The van der Waals surface area contributed by atoms with Gasteiger partial charge in [0.25, 0.3) is 11.6 Å². The highest BCUT2D eigenvalue weighted by Gasteiger charge is 2.16. The maximum absolute atomic E-state index is 12.5. The molecular formula is C21H19N5O4S. The molecule has 1 N–H and O–H groups in total. The molecule has 158 valence electrons. The molecule has 0 fully saturated rings. The number of amides is 1. The largest absolute Gasteiger partial charge is 0.457 e. The first-order valence-electron chi connectivity index (χ1n) is 9.37. The molecule has 0 aliphatic carbocycles. The Hall–Kier alpha value is -3.84. The number of aromatic nitrogens is 2. The molecule has 3 rings (SSSR count). The lowest BCUT2D eigenvalue weighted by Gasteiger charge is -2.02. The summed E-state index contributed by atoms with van der Waals surface area (Å²) in [5, 5.41) is 32.1. The lowest BCUT2D eigenvalue weighted by Crippen LogP contribution is -2.13. The summed E-state index contributed by atoms with van der Waals surface area (Å²) in [6.07, 6.45) is 2.06. The van der Waals surface area contributed by atoms with Crippen LogP contribution in [-0.4, -0.2) is 21.0 Å². The quantitative estimate of drug-likeness (QED) is 0.244. The van der Waals surface area contributed by atoms with E-state index in [0.29, 0.717) is 22.4 Å². The first-order chi connectivity index (χ1) is 14.8. The molecule has 0 spiro atoms. The van der Waals surface area contributed by atoms with Crippen LogP contribution >= 0.6 is 11.3 Å². The highest BCUT2D eigenvalue weighted by Crippen LogP contribution is 2.30. The Balaban J connectivity index is 1.79. The molecule has 3 aromatic rings. The zero-order chi connectivity index (χ0) is 22.5. The Morgan fingerprint density at radius 1 is 1.35 bits per heavy atom. The fourth-order valence-corrected chi connectivity index (χ4v) is 3.70. The number of nitriles is 1. The zero-order valence-corrected chi connectivity index (χ0v) is 17.9. The van der Waals surface area contributed by atoms with Crippen LogP contribution in [0.1, 0.15) is 30.2 Å². The van der Waals surface area contributed by atoms with Gasteiger partial charge in [0.2, 0.25) is 5.13 Å². The van der Waals surface area contributed by atoms with Gasteiger partial charge in [-0.1, -0.05) is 31.3 Å². The molecule has 0 unspecified atom stereocenters. The lowest BCUT2D eigenvalue weighted by atomic mass is 10.1. The predicted molar refractivity (Wildman–Crippen MR) is 116 cm³/mol. The van der Waals surface area contributed by atoms with E-state index in [9.17, 15) is 20.2 Å². The van der Waals surface area contributed by atoms with Gasteiger partial charge in [-0.25, -0.2) is 0 Å². The lowest BCUT2D eigenvalue weighted by molar-refractivity contribution is -0.384. The summed E-state index contributed by atoms with van der Waals surface area (Å²) in [7, 11) is 0. The highest BCUT2D eigenvalue weighted by atomic mass is 32.1. The fraction of sp³-hybridized carbons (Fsp3) is 0.238. The van der Waals surface area contributed by atoms with E-state index in [1.54, 1.807) is 25.1 Å². The third-order valence-corrected chi connectivity index (χ3v) is 5.11. The van der Waals surface area contributed by atoms with Gasteiger partial charge in [0.05, 0.1) is 4.92 Å². The number of benzene rings is 1. The SMILES string of the molecule is Cc1ccc([N+](=O)[O-])cc1-c1ccc(/C=C(/C#N)C(=O)Nc2nnc(CC(C)C)s2)o1. The van der Waals surface area contributed by atoms with E-state index in [0.717, 1.165) is 17.0 Å². The molecule has 0 aliphatic rings. The van der Waals surface area contributed by atoms with Crippen molar-refractivity contribution in [2.24, 2.45) is 5.92 Å². The molecule has 0 saturated heterocycles. The smallest absolute Gasteiger partial charge is 0.270 e. The van der Waals surface area contributed by atoms with Crippen molar-refractivity contribution in [3.05, 3.63) is 62.4 Å². The Morgan fingerprint density at radius 3 is 2.81 bits per heavy atom. The second kappa shape index (κ2) is 9.32. The maximum atomic E-state index is 12.5. The fourth-order valence-electron chi connectivity index (χ4n) is 2.76. The Bertz CT molecular complexity index is 1200. The van der Waals surface area contributed by atoms with Crippen LogP contribution in [0.3, 0.4) is 0 Å². The summed E-state index contributed by atoms with van der Waals surface area (Å²) in [4.78, 5) is 23.0. The molecule has 31 heavy (non-hydrogen) atoms. The Kier molecular flexibility index (Phi) is 6.57. The van der Waals surface area contributed by atoms with Gasteiger partial charge < -0.3 is 4.42 Å². The molecule has 1 aromatic carbocycles. The van der Waals surface area contributed by atoms with Gasteiger partial charge in [0, 0.05) is 30.2 Å². The van der Waals surface area contributed by atoms with Gasteiger partial charge in [0.1, 0.15) is 28.2 Å². The standard InChI is InChI=1S/C21H19N5O4S/c1-12(2)8-19-24-25-21(31-19)23-20(27)14(11-22)9-16-6-7-18(30-16)17-10-15(26(28)29)5-4-13(17)3/h4-7,9-10,12H,8H2,1-3H3,(H,23,25,27)/b14-9-. The first kappa shape index (κ1) is 21.9. The number of hydrogen-bond acceptors (Lipinski definition) is 8. The molecule has 9 nitrogen and oxygen atoms in total. The van der Waals surface area contributed by atoms with Crippen LogP contribution in [0.15, 0.2) is 40.3 Å². The average Bonchev–Trinajstić information content (AvgIpc) is 3.35. The van der Waals surface area contributed by atoms with Gasteiger partial charge in [-0.2, -0.15) is 5.26 Å². The van der Waals surface area contributed by atoms with Crippen molar-refractivity contribution in [2.45, 2.75) is 27.2 Å². The summed E-state index contributed by atoms with van der Waals surface area (Å²) >= 11 is 1.26. The van der Waals surface area contributed by atoms with E-state index < -0.39 is 10.8 Å². The number of nitrogens with one attached hydrogen (secondary N) is 1. The molecule has 0 atom stereocenters. The van der Waals surface area contributed by atoms with E-state index >= 15 is 0 Å². The van der Waals surface area contributed by atoms with Crippen molar-refractivity contribution in [3.63, 3.8) is 0 Å². The first-order valence-corrected chi connectivity index (χ1v) is 10.2. The van der Waals surface area contributed by atoms with Crippen LogP contribution in [0.25, 0.3) is 17.4 Å². The average molecular weight is 437 g/mol. The molecule has 0 saturated carbocycles. The number of nitro benzene ring substituents is 1. The van der Waals surface area contributed by atoms with Crippen LogP contribution in [-0.2, 0) is 11.2 Å². The molecule has 0 bridgehead atoms.